The van der Waals surface area contributed by atoms with Gasteiger partial charge in [0.05, 0.1) is 0 Å². The van der Waals surface area contributed by atoms with Crippen molar-refractivity contribution in [2.75, 3.05) is 40.9 Å². The molecule has 0 saturated carbocycles. The summed E-state index contributed by atoms with van der Waals surface area (Å²) in [5.41, 5.74) is 6.72. The first-order valence-corrected chi connectivity index (χ1v) is 10.9. The number of hydrogen-bond donors (Lipinski definition) is 0. The molecule has 1 aromatic heterocycles. The summed E-state index contributed by atoms with van der Waals surface area (Å²) in [7, 11) is 0. The fourth-order valence-electron chi connectivity index (χ4n) is 4.76. The zero-order valence-electron chi connectivity index (χ0n) is 18.0. The molecule has 0 radical (unpaired) electrons. The molecule has 1 fully saturated rings. The van der Waals surface area contributed by atoms with Gasteiger partial charge in [0.2, 0.25) is 5.95 Å². The van der Waals surface area contributed by atoms with Crippen molar-refractivity contribution >= 4 is 23.1 Å². The van der Waals surface area contributed by atoms with Gasteiger partial charge in [-0.05, 0) is 62.1 Å². The van der Waals surface area contributed by atoms with Gasteiger partial charge in [0.15, 0.2) is 0 Å². The van der Waals surface area contributed by atoms with Crippen LogP contribution in [-0.2, 0) is 6.42 Å². The SMILES string of the molecule is Cc1cccc(N2CCN(c3ccnc(N4c5ccccc5CC4C)n3)CC2)c1C. The number of aryl methyl sites for hydroxylation is 1. The van der Waals surface area contributed by atoms with Crippen molar-refractivity contribution in [1.82, 2.24) is 9.97 Å². The van der Waals surface area contributed by atoms with Gasteiger partial charge in [-0.15, -0.1) is 0 Å². The molecule has 1 unspecified atom stereocenters. The van der Waals surface area contributed by atoms with Crippen LogP contribution in [0.25, 0.3) is 0 Å². The Balaban J connectivity index is 1.34. The molecule has 2 aliphatic rings. The van der Waals surface area contributed by atoms with E-state index in [2.05, 4.69) is 82.9 Å². The lowest BCUT2D eigenvalue weighted by atomic mass is 10.1. The third-order valence-electron chi connectivity index (χ3n) is 6.57. The number of benzene rings is 2. The van der Waals surface area contributed by atoms with E-state index in [0.717, 1.165) is 44.4 Å². The molecule has 5 rings (SSSR count). The molecule has 2 aliphatic heterocycles. The smallest absolute Gasteiger partial charge is 0.232 e. The van der Waals surface area contributed by atoms with E-state index in [-0.39, 0.29) is 0 Å². The highest BCUT2D eigenvalue weighted by Crippen LogP contribution is 2.36. The minimum atomic E-state index is 0.374. The Bertz CT molecular complexity index is 1050. The molecule has 3 heterocycles. The van der Waals surface area contributed by atoms with Gasteiger partial charge in [0, 0.05) is 49.8 Å². The number of hydrogen-bond acceptors (Lipinski definition) is 5. The first-order valence-electron chi connectivity index (χ1n) is 10.9. The first-order chi connectivity index (χ1) is 14.6. The Morgan fingerprint density at radius 3 is 2.40 bits per heavy atom. The second kappa shape index (κ2) is 7.63. The summed E-state index contributed by atoms with van der Waals surface area (Å²) in [5.74, 6) is 1.83. The van der Waals surface area contributed by atoms with E-state index in [1.165, 1.54) is 28.1 Å². The molecule has 0 aliphatic carbocycles. The van der Waals surface area contributed by atoms with Crippen LogP contribution in [0.3, 0.4) is 0 Å². The van der Waals surface area contributed by atoms with E-state index < -0.39 is 0 Å². The molecule has 2 aromatic carbocycles. The van der Waals surface area contributed by atoms with Crippen LogP contribution in [-0.4, -0.2) is 42.2 Å². The number of nitrogens with zero attached hydrogens (tertiary/aromatic N) is 5. The van der Waals surface area contributed by atoms with E-state index in [9.17, 15) is 0 Å². The average molecular weight is 400 g/mol. The number of rotatable bonds is 3. The second-order valence-corrected chi connectivity index (χ2v) is 8.46. The highest BCUT2D eigenvalue weighted by Gasteiger charge is 2.29. The summed E-state index contributed by atoms with van der Waals surface area (Å²) in [5, 5.41) is 0. The van der Waals surface area contributed by atoms with Crippen LogP contribution in [0.5, 0.6) is 0 Å². The number of aromatic nitrogens is 2. The maximum atomic E-state index is 4.98. The molecule has 0 amide bonds. The van der Waals surface area contributed by atoms with Crippen molar-refractivity contribution < 1.29 is 0 Å². The Hall–Kier alpha value is -3.08. The largest absolute Gasteiger partial charge is 0.368 e. The van der Waals surface area contributed by atoms with E-state index in [1.54, 1.807) is 0 Å². The van der Waals surface area contributed by atoms with Gasteiger partial charge in [-0.25, -0.2) is 4.98 Å². The molecule has 154 valence electrons. The van der Waals surface area contributed by atoms with Crippen molar-refractivity contribution in [3.63, 3.8) is 0 Å². The quantitative estimate of drug-likeness (QED) is 0.648. The van der Waals surface area contributed by atoms with Gasteiger partial charge in [-0.1, -0.05) is 30.3 Å². The summed E-state index contributed by atoms with van der Waals surface area (Å²) < 4.78 is 0. The van der Waals surface area contributed by atoms with E-state index in [0.29, 0.717) is 6.04 Å². The summed E-state index contributed by atoms with van der Waals surface area (Å²) in [4.78, 5) is 16.8. The summed E-state index contributed by atoms with van der Waals surface area (Å²) in [6.45, 7) is 10.6. The molecular formula is C25H29N5. The highest BCUT2D eigenvalue weighted by atomic mass is 15.3. The van der Waals surface area contributed by atoms with Crippen molar-refractivity contribution in [3.05, 3.63) is 71.4 Å². The van der Waals surface area contributed by atoms with Gasteiger partial charge in [-0.2, -0.15) is 4.98 Å². The molecule has 1 saturated heterocycles. The lowest BCUT2D eigenvalue weighted by Crippen LogP contribution is -2.47. The lowest BCUT2D eigenvalue weighted by Gasteiger charge is -2.37. The number of fused-ring (bicyclic) bond motifs is 1. The number of piperazine rings is 1. The zero-order chi connectivity index (χ0) is 20.7. The molecule has 0 bridgehead atoms. The van der Waals surface area contributed by atoms with Gasteiger partial charge in [0.1, 0.15) is 5.82 Å². The molecule has 5 heteroatoms. The number of para-hydroxylation sites is 1. The van der Waals surface area contributed by atoms with Crippen LogP contribution >= 0.6 is 0 Å². The van der Waals surface area contributed by atoms with Crippen LogP contribution < -0.4 is 14.7 Å². The van der Waals surface area contributed by atoms with Crippen LogP contribution in [0, 0.1) is 13.8 Å². The fourth-order valence-corrected chi connectivity index (χ4v) is 4.76. The minimum absolute atomic E-state index is 0.374. The van der Waals surface area contributed by atoms with Gasteiger partial charge >= 0.3 is 0 Å². The molecule has 3 aromatic rings. The average Bonchev–Trinajstić information content (AvgIpc) is 3.11. The van der Waals surface area contributed by atoms with Gasteiger partial charge in [0.25, 0.3) is 0 Å². The van der Waals surface area contributed by atoms with Crippen molar-refractivity contribution in [2.24, 2.45) is 0 Å². The van der Waals surface area contributed by atoms with E-state index >= 15 is 0 Å². The van der Waals surface area contributed by atoms with E-state index in [1.807, 2.05) is 12.3 Å². The normalized spacial score (nSPS) is 18.6. The fraction of sp³-hybridized carbons (Fsp3) is 0.360. The molecular weight excluding hydrogens is 370 g/mol. The molecule has 5 nitrogen and oxygen atoms in total. The monoisotopic (exact) mass is 399 g/mol. The van der Waals surface area contributed by atoms with Crippen molar-refractivity contribution in [1.29, 1.82) is 0 Å². The van der Waals surface area contributed by atoms with Crippen LogP contribution in [0.2, 0.25) is 0 Å². The van der Waals surface area contributed by atoms with E-state index in [4.69, 9.17) is 4.98 Å². The predicted octanol–water partition coefficient (Wildman–Crippen LogP) is 4.50. The van der Waals surface area contributed by atoms with Crippen molar-refractivity contribution in [3.8, 4) is 0 Å². The Kier molecular flexibility index (Phi) is 4.81. The Morgan fingerprint density at radius 2 is 1.57 bits per heavy atom. The summed E-state index contributed by atoms with van der Waals surface area (Å²) >= 11 is 0. The van der Waals surface area contributed by atoms with Crippen LogP contribution in [0.15, 0.2) is 54.7 Å². The zero-order valence-corrected chi connectivity index (χ0v) is 18.0. The molecule has 30 heavy (non-hydrogen) atoms. The van der Waals surface area contributed by atoms with Crippen LogP contribution in [0.4, 0.5) is 23.1 Å². The molecule has 0 N–H and O–H groups in total. The summed E-state index contributed by atoms with van der Waals surface area (Å²) in [6.07, 6.45) is 2.95. The maximum Gasteiger partial charge on any atom is 0.232 e. The van der Waals surface area contributed by atoms with Crippen molar-refractivity contribution in [2.45, 2.75) is 33.2 Å². The van der Waals surface area contributed by atoms with Gasteiger partial charge < -0.3 is 14.7 Å². The number of anilines is 4. The highest BCUT2D eigenvalue weighted by molar-refractivity contribution is 5.67. The Morgan fingerprint density at radius 1 is 0.833 bits per heavy atom. The standard InChI is InChI=1S/C25H29N5/c1-18-7-6-10-22(20(18)3)28-13-15-29(16-14-28)24-11-12-26-25(27-24)30-19(2)17-21-8-4-5-9-23(21)30/h4-12,19H,13-17H2,1-3H3. The van der Waals surface area contributed by atoms with Crippen LogP contribution in [0.1, 0.15) is 23.6 Å². The first kappa shape index (κ1) is 18.9. The maximum absolute atomic E-state index is 4.98. The minimum Gasteiger partial charge on any atom is -0.368 e. The lowest BCUT2D eigenvalue weighted by molar-refractivity contribution is 0.644. The third kappa shape index (κ3) is 3.28. The second-order valence-electron chi connectivity index (χ2n) is 8.46. The van der Waals surface area contributed by atoms with Gasteiger partial charge in [-0.3, -0.25) is 0 Å². The predicted molar refractivity (Wildman–Crippen MR) is 124 cm³/mol. The third-order valence-corrected chi connectivity index (χ3v) is 6.57. The molecule has 0 spiro atoms. The molecule has 1 atom stereocenters. The topological polar surface area (TPSA) is 35.5 Å². The Labute approximate surface area is 179 Å². The summed E-state index contributed by atoms with van der Waals surface area (Å²) in [6, 6.07) is 17.6.